The van der Waals surface area contributed by atoms with Gasteiger partial charge in [0.25, 0.3) is 0 Å². The number of amides is 1. The molecule has 1 fully saturated rings. The van der Waals surface area contributed by atoms with Crippen LogP contribution < -0.4 is 3.53 Å². The Bertz CT molecular complexity index is 132. The summed E-state index contributed by atoms with van der Waals surface area (Å²) in [5.41, 5.74) is 0. The summed E-state index contributed by atoms with van der Waals surface area (Å²) in [5.74, 6) is 0. The quantitative estimate of drug-likeness (QED) is 0.438. The van der Waals surface area contributed by atoms with Crippen LogP contribution in [0.5, 0.6) is 0 Å². The SMILES string of the molecule is O=CN1CCOCC1CNI. The number of hydrogen-bond acceptors (Lipinski definition) is 3. The van der Waals surface area contributed by atoms with E-state index in [2.05, 4.69) is 26.4 Å². The van der Waals surface area contributed by atoms with Gasteiger partial charge < -0.3 is 9.64 Å². The summed E-state index contributed by atoms with van der Waals surface area (Å²) < 4.78 is 8.21. The highest BCUT2D eigenvalue weighted by Gasteiger charge is 2.20. The summed E-state index contributed by atoms with van der Waals surface area (Å²) >= 11 is 2.07. The van der Waals surface area contributed by atoms with Crippen molar-refractivity contribution in [2.24, 2.45) is 0 Å². The molecule has 0 aromatic heterocycles. The van der Waals surface area contributed by atoms with Crippen molar-refractivity contribution in [3.63, 3.8) is 0 Å². The molecule has 1 heterocycles. The zero-order valence-corrected chi connectivity index (χ0v) is 8.28. The van der Waals surface area contributed by atoms with Crippen molar-refractivity contribution in [1.82, 2.24) is 8.43 Å². The summed E-state index contributed by atoms with van der Waals surface area (Å²) in [5, 5.41) is 0. The minimum atomic E-state index is 0.207. The molecule has 1 aliphatic heterocycles. The van der Waals surface area contributed by atoms with Gasteiger partial charge in [-0.2, -0.15) is 0 Å². The van der Waals surface area contributed by atoms with Crippen molar-refractivity contribution >= 4 is 29.3 Å². The molecule has 0 spiro atoms. The van der Waals surface area contributed by atoms with E-state index >= 15 is 0 Å². The number of morpholine rings is 1. The maximum atomic E-state index is 10.5. The second-order valence-corrected chi connectivity index (χ2v) is 3.17. The van der Waals surface area contributed by atoms with E-state index in [1.54, 1.807) is 4.90 Å². The van der Waals surface area contributed by atoms with E-state index in [-0.39, 0.29) is 6.04 Å². The van der Waals surface area contributed by atoms with Crippen molar-refractivity contribution in [3.8, 4) is 0 Å². The van der Waals surface area contributed by atoms with Gasteiger partial charge in [0.05, 0.1) is 19.3 Å². The third-order valence-electron chi connectivity index (χ3n) is 1.72. The minimum Gasteiger partial charge on any atom is -0.377 e. The van der Waals surface area contributed by atoms with Crippen molar-refractivity contribution in [1.29, 1.82) is 0 Å². The summed E-state index contributed by atoms with van der Waals surface area (Å²) in [6.07, 6.45) is 0.890. The highest BCUT2D eigenvalue weighted by molar-refractivity contribution is 14.1. The average molecular weight is 270 g/mol. The first-order valence-corrected chi connectivity index (χ1v) is 4.58. The number of ether oxygens (including phenoxy) is 1. The molecule has 1 unspecified atom stereocenters. The maximum absolute atomic E-state index is 10.5. The van der Waals surface area contributed by atoms with Gasteiger partial charge in [0.2, 0.25) is 6.41 Å². The summed E-state index contributed by atoms with van der Waals surface area (Å²) in [6.45, 7) is 2.82. The van der Waals surface area contributed by atoms with Gasteiger partial charge in [-0.25, -0.2) is 0 Å². The van der Waals surface area contributed by atoms with Crippen LogP contribution in [-0.4, -0.2) is 43.7 Å². The van der Waals surface area contributed by atoms with Gasteiger partial charge in [0, 0.05) is 36.0 Å². The van der Waals surface area contributed by atoms with Crippen molar-refractivity contribution in [2.45, 2.75) is 6.04 Å². The van der Waals surface area contributed by atoms with Crippen LogP contribution in [0.3, 0.4) is 0 Å². The van der Waals surface area contributed by atoms with Crippen LogP contribution >= 0.6 is 22.9 Å². The largest absolute Gasteiger partial charge is 0.377 e. The Kier molecular flexibility index (Phi) is 4.09. The molecule has 1 rings (SSSR count). The molecule has 1 N–H and O–H groups in total. The smallest absolute Gasteiger partial charge is 0.210 e. The van der Waals surface area contributed by atoms with E-state index in [0.717, 1.165) is 13.0 Å². The molecule has 1 amide bonds. The Balaban J connectivity index is 2.37. The molecule has 0 aromatic rings. The lowest BCUT2D eigenvalue weighted by Gasteiger charge is -2.32. The number of nitrogens with one attached hydrogen (secondary N) is 1. The highest BCUT2D eigenvalue weighted by atomic mass is 127. The molecule has 0 saturated carbocycles. The number of hydrogen-bond donors (Lipinski definition) is 1. The van der Waals surface area contributed by atoms with E-state index in [1.807, 2.05) is 0 Å². The standard InChI is InChI=1S/C6H11IN2O2/c7-8-3-6-4-11-2-1-9(6)5-10/h5-6,8H,1-4H2. The number of nitrogens with zero attached hydrogens (tertiary/aromatic N) is 1. The van der Waals surface area contributed by atoms with Gasteiger partial charge in [-0.05, 0) is 0 Å². The molecule has 1 atom stereocenters. The topological polar surface area (TPSA) is 41.6 Å². The molecule has 0 bridgehead atoms. The van der Waals surface area contributed by atoms with Crippen LogP contribution in [0.4, 0.5) is 0 Å². The summed E-state index contributed by atoms with van der Waals surface area (Å²) in [6, 6.07) is 0.207. The number of carbonyl (C=O) groups excluding carboxylic acids is 1. The fraction of sp³-hybridized carbons (Fsp3) is 0.833. The third-order valence-corrected chi connectivity index (χ3v) is 2.16. The number of rotatable bonds is 3. The molecular formula is C6H11IN2O2. The van der Waals surface area contributed by atoms with Gasteiger partial charge in [0.15, 0.2) is 0 Å². The Labute approximate surface area is 79.8 Å². The molecule has 0 aliphatic carbocycles. The van der Waals surface area contributed by atoms with Gasteiger partial charge in [0.1, 0.15) is 0 Å². The van der Waals surface area contributed by atoms with E-state index in [1.165, 1.54) is 0 Å². The number of halogens is 1. The summed E-state index contributed by atoms with van der Waals surface area (Å²) in [4.78, 5) is 12.3. The fourth-order valence-electron chi connectivity index (χ4n) is 1.07. The molecule has 5 heteroatoms. The van der Waals surface area contributed by atoms with Crippen LogP contribution in [0.25, 0.3) is 0 Å². The summed E-state index contributed by atoms with van der Waals surface area (Å²) in [7, 11) is 0. The predicted molar refractivity (Wildman–Crippen MR) is 49.4 cm³/mol. The van der Waals surface area contributed by atoms with E-state index in [9.17, 15) is 4.79 Å². The highest BCUT2D eigenvalue weighted by Crippen LogP contribution is 2.03. The maximum Gasteiger partial charge on any atom is 0.210 e. The van der Waals surface area contributed by atoms with Crippen LogP contribution in [0, 0.1) is 0 Å². The lowest BCUT2D eigenvalue weighted by atomic mass is 10.2. The lowest BCUT2D eigenvalue weighted by molar-refractivity contribution is -0.125. The Morgan fingerprint density at radius 3 is 3.27 bits per heavy atom. The van der Waals surface area contributed by atoms with E-state index in [0.29, 0.717) is 19.8 Å². The first-order valence-electron chi connectivity index (χ1n) is 3.50. The van der Waals surface area contributed by atoms with Gasteiger partial charge >= 0.3 is 0 Å². The van der Waals surface area contributed by atoms with Crippen LogP contribution in [-0.2, 0) is 9.53 Å². The predicted octanol–water partition coefficient (Wildman–Crippen LogP) is -0.217. The molecule has 64 valence electrons. The zero-order valence-electron chi connectivity index (χ0n) is 6.12. The molecule has 11 heavy (non-hydrogen) atoms. The van der Waals surface area contributed by atoms with Gasteiger partial charge in [-0.1, -0.05) is 0 Å². The molecule has 0 aromatic carbocycles. The Morgan fingerprint density at radius 1 is 1.82 bits per heavy atom. The van der Waals surface area contributed by atoms with Crippen LogP contribution in [0.15, 0.2) is 0 Å². The fourth-order valence-corrected chi connectivity index (χ4v) is 1.58. The Morgan fingerprint density at radius 2 is 2.64 bits per heavy atom. The van der Waals surface area contributed by atoms with Crippen molar-refractivity contribution in [3.05, 3.63) is 0 Å². The zero-order chi connectivity index (χ0) is 8.10. The van der Waals surface area contributed by atoms with Gasteiger partial charge in [-0.3, -0.25) is 8.32 Å². The second kappa shape index (κ2) is 4.89. The molecule has 0 radical (unpaired) electrons. The lowest BCUT2D eigenvalue weighted by Crippen LogP contribution is -2.48. The third kappa shape index (κ3) is 2.57. The van der Waals surface area contributed by atoms with E-state index < -0.39 is 0 Å². The van der Waals surface area contributed by atoms with Crippen LogP contribution in [0.2, 0.25) is 0 Å². The molecule has 1 saturated heterocycles. The molecule has 4 nitrogen and oxygen atoms in total. The van der Waals surface area contributed by atoms with Gasteiger partial charge in [-0.15, -0.1) is 0 Å². The van der Waals surface area contributed by atoms with Crippen LogP contribution in [0.1, 0.15) is 0 Å². The number of carbonyl (C=O) groups is 1. The molecule has 1 aliphatic rings. The minimum absolute atomic E-state index is 0.207. The van der Waals surface area contributed by atoms with E-state index in [4.69, 9.17) is 4.74 Å². The monoisotopic (exact) mass is 270 g/mol. The first kappa shape index (κ1) is 9.21. The Hall–Kier alpha value is 0.120. The first-order chi connectivity index (χ1) is 5.38. The average Bonchev–Trinajstić information content (AvgIpc) is 2.06. The van der Waals surface area contributed by atoms with Crippen molar-refractivity contribution in [2.75, 3.05) is 26.3 Å². The van der Waals surface area contributed by atoms with Crippen molar-refractivity contribution < 1.29 is 9.53 Å². The normalized spacial score (nSPS) is 25.2. The molecular weight excluding hydrogens is 259 g/mol. The second-order valence-electron chi connectivity index (χ2n) is 2.41.